The molecule has 0 spiro atoms. The minimum atomic E-state index is 0.988. The summed E-state index contributed by atoms with van der Waals surface area (Å²) in [6.07, 6.45) is 1.06. The van der Waals surface area contributed by atoms with Crippen molar-refractivity contribution in [1.82, 2.24) is 0 Å². The molecule has 0 saturated carbocycles. The van der Waals surface area contributed by atoms with Gasteiger partial charge >= 0.3 is 0 Å². The summed E-state index contributed by atoms with van der Waals surface area (Å²) in [6, 6.07) is 8.26. The summed E-state index contributed by atoms with van der Waals surface area (Å²) < 4.78 is 5.93. The Bertz CT molecular complexity index is 625. The number of fused-ring (bicyclic) bond motifs is 1. The second-order valence-electron chi connectivity index (χ2n) is 4.44. The first-order chi connectivity index (χ1) is 7.65. The van der Waals surface area contributed by atoms with Crippen molar-refractivity contribution in [3.8, 4) is 0 Å². The lowest BCUT2D eigenvalue weighted by Crippen LogP contribution is -2.23. The highest BCUT2D eigenvalue weighted by molar-refractivity contribution is 5.80. The monoisotopic (exact) mass is 214 g/mol. The normalized spacial score (nSPS) is 13.0. The van der Waals surface area contributed by atoms with E-state index in [1.807, 2.05) is 12.1 Å². The Hall–Kier alpha value is -1.50. The SMILES string of the molecule is CC/C(C)=c1\c(=C(C)C)oc2ccccc12. The van der Waals surface area contributed by atoms with Crippen molar-refractivity contribution in [3.63, 3.8) is 0 Å². The average molecular weight is 214 g/mol. The highest BCUT2D eigenvalue weighted by Crippen LogP contribution is 2.10. The molecule has 1 aromatic carbocycles. The van der Waals surface area contributed by atoms with E-state index in [0.29, 0.717) is 0 Å². The smallest absolute Gasteiger partial charge is 0.135 e. The molecular formula is C15H18O. The molecule has 0 atom stereocenters. The molecule has 0 amide bonds. The van der Waals surface area contributed by atoms with Crippen LogP contribution in [0.15, 0.2) is 28.7 Å². The predicted octanol–water partition coefficient (Wildman–Crippen LogP) is 3.20. The zero-order valence-electron chi connectivity index (χ0n) is 10.4. The van der Waals surface area contributed by atoms with Gasteiger partial charge in [-0.15, -0.1) is 0 Å². The fourth-order valence-corrected chi connectivity index (χ4v) is 2.00. The molecule has 0 unspecified atom stereocenters. The van der Waals surface area contributed by atoms with Gasteiger partial charge in [-0.3, -0.25) is 0 Å². The van der Waals surface area contributed by atoms with E-state index in [1.54, 1.807) is 0 Å². The predicted molar refractivity (Wildman–Crippen MR) is 69.6 cm³/mol. The number of hydrogen-bond donors (Lipinski definition) is 0. The molecule has 0 radical (unpaired) electrons. The number of rotatable bonds is 1. The van der Waals surface area contributed by atoms with Crippen LogP contribution in [-0.2, 0) is 0 Å². The molecule has 84 valence electrons. The third-order valence-electron chi connectivity index (χ3n) is 3.01. The summed E-state index contributed by atoms with van der Waals surface area (Å²) >= 11 is 0. The molecule has 0 aliphatic rings. The van der Waals surface area contributed by atoms with Gasteiger partial charge in [-0.25, -0.2) is 0 Å². The van der Waals surface area contributed by atoms with E-state index in [0.717, 1.165) is 17.4 Å². The lowest BCUT2D eigenvalue weighted by Gasteiger charge is -1.93. The van der Waals surface area contributed by atoms with E-state index in [1.165, 1.54) is 21.8 Å². The minimum Gasteiger partial charge on any atom is -0.456 e. The summed E-state index contributed by atoms with van der Waals surface area (Å²) in [6.45, 7) is 8.57. The Labute approximate surface area is 96.1 Å². The van der Waals surface area contributed by atoms with Crippen LogP contribution < -0.4 is 10.6 Å². The van der Waals surface area contributed by atoms with Crippen LogP contribution in [0.5, 0.6) is 0 Å². The van der Waals surface area contributed by atoms with E-state index in [-0.39, 0.29) is 0 Å². The van der Waals surface area contributed by atoms with Gasteiger partial charge in [0.25, 0.3) is 0 Å². The Morgan fingerprint density at radius 3 is 2.44 bits per heavy atom. The van der Waals surface area contributed by atoms with Crippen LogP contribution in [-0.4, -0.2) is 0 Å². The molecular weight excluding hydrogens is 196 g/mol. The van der Waals surface area contributed by atoms with Crippen LogP contribution in [0.3, 0.4) is 0 Å². The summed E-state index contributed by atoms with van der Waals surface area (Å²) in [7, 11) is 0. The Kier molecular flexibility index (Phi) is 2.86. The molecule has 2 rings (SSSR count). The van der Waals surface area contributed by atoms with Gasteiger partial charge in [0.05, 0.1) is 0 Å². The molecule has 0 saturated heterocycles. The fraction of sp³-hybridized carbons (Fsp3) is 0.333. The van der Waals surface area contributed by atoms with Crippen LogP contribution in [0.1, 0.15) is 34.1 Å². The first-order valence-corrected chi connectivity index (χ1v) is 5.80. The molecule has 1 heteroatoms. The van der Waals surface area contributed by atoms with Crippen LogP contribution in [0.4, 0.5) is 0 Å². The van der Waals surface area contributed by atoms with Gasteiger partial charge in [0.15, 0.2) is 0 Å². The average Bonchev–Trinajstić information content (AvgIpc) is 2.67. The second-order valence-corrected chi connectivity index (χ2v) is 4.44. The third-order valence-corrected chi connectivity index (χ3v) is 3.01. The van der Waals surface area contributed by atoms with Crippen molar-refractivity contribution < 1.29 is 4.42 Å². The molecule has 0 bridgehead atoms. The maximum atomic E-state index is 5.93. The fourth-order valence-electron chi connectivity index (χ4n) is 2.00. The highest BCUT2D eigenvalue weighted by Gasteiger charge is 2.04. The van der Waals surface area contributed by atoms with Crippen molar-refractivity contribution in [3.05, 3.63) is 34.9 Å². The first kappa shape index (κ1) is 11.0. The van der Waals surface area contributed by atoms with E-state index in [9.17, 15) is 0 Å². The zero-order chi connectivity index (χ0) is 11.7. The van der Waals surface area contributed by atoms with Gasteiger partial charge < -0.3 is 4.42 Å². The topological polar surface area (TPSA) is 13.1 Å². The van der Waals surface area contributed by atoms with Gasteiger partial charge in [0.1, 0.15) is 11.0 Å². The van der Waals surface area contributed by atoms with Gasteiger partial charge in [-0.05, 0) is 38.8 Å². The molecule has 1 heterocycles. The van der Waals surface area contributed by atoms with E-state index >= 15 is 0 Å². The first-order valence-electron chi connectivity index (χ1n) is 5.80. The van der Waals surface area contributed by atoms with Crippen LogP contribution in [0.25, 0.3) is 22.1 Å². The van der Waals surface area contributed by atoms with Crippen molar-refractivity contribution in [2.24, 2.45) is 0 Å². The van der Waals surface area contributed by atoms with Gasteiger partial charge in [0, 0.05) is 10.6 Å². The minimum absolute atomic E-state index is 0.988. The van der Waals surface area contributed by atoms with Crippen LogP contribution in [0.2, 0.25) is 0 Å². The highest BCUT2D eigenvalue weighted by atomic mass is 16.3. The number of para-hydroxylation sites is 1. The van der Waals surface area contributed by atoms with E-state index in [4.69, 9.17) is 4.42 Å². The third kappa shape index (κ3) is 1.67. The van der Waals surface area contributed by atoms with Gasteiger partial charge in [0.2, 0.25) is 0 Å². The molecule has 0 fully saturated rings. The molecule has 2 aromatic rings. The maximum absolute atomic E-state index is 5.93. The molecule has 1 nitrogen and oxygen atoms in total. The Morgan fingerprint density at radius 1 is 1.12 bits per heavy atom. The quantitative estimate of drug-likeness (QED) is 0.710. The maximum Gasteiger partial charge on any atom is 0.135 e. The van der Waals surface area contributed by atoms with Crippen molar-refractivity contribution >= 4 is 22.1 Å². The Balaban J connectivity index is 3.11. The van der Waals surface area contributed by atoms with Crippen molar-refractivity contribution in [2.45, 2.75) is 34.1 Å². The van der Waals surface area contributed by atoms with Crippen LogP contribution >= 0.6 is 0 Å². The number of benzene rings is 1. The summed E-state index contributed by atoms with van der Waals surface area (Å²) in [5, 5.41) is 2.52. The van der Waals surface area contributed by atoms with Crippen molar-refractivity contribution in [1.29, 1.82) is 0 Å². The summed E-state index contributed by atoms with van der Waals surface area (Å²) in [5.41, 5.74) is 4.65. The van der Waals surface area contributed by atoms with Gasteiger partial charge in [-0.2, -0.15) is 0 Å². The molecule has 16 heavy (non-hydrogen) atoms. The summed E-state index contributed by atoms with van der Waals surface area (Å²) in [5.74, 6) is 0. The lowest BCUT2D eigenvalue weighted by molar-refractivity contribution is 0.571. The van der Waals surface area contributed by atoms with Crippen molar-refractivity contribution in [2.75, 3.05) is 0 Å². The zero-order valence-corrected chi connectivity index (χ0v) is 10.4. The molecule has 0 aliphatic carbocycles. The van der Waals surface area contributed by atoms with E-state index < -0.39 is 0 Å². The summed E-state index contributed by atoms with van der Waals surface area (Å²) in [4.78, 5) is 0. The number of furan rings is 1. The Morgan fingerprint density at radius 2 is 1.81 bits per heavy atom. The molecule has 0 N–H and O–H groups in total. The number of hydrogen-bond acceptors (Lipinski definition) is 1. The lowest BCUT2D eigenvalue weighted by atomic mass is 10.1. The second kappa shape index (κ2) is 4.17. The largest absolute Gasteiger partial charge is 0.456 e. The molecule has 1 aromatic heterocycles. The van der Waals surface area contributed by atoms with Crippen LogP contribution in [0, 0.1) is 0 Å². The standard InChI is InChI=1S/C15H18O/c1-5-11(4)14-12-8-6-7-9-13(12)16-15(14)10(2)3/h6-9H,5H2,1-4H3/b14-11-. The van der Waals surface area contributed by atoms with E-state index in [2.05, 4.69) is 39.8 Å². The molecule has 0 aliphatic heterocycles. The van der Waals surface area contributed by atoms with Gasteiger partial charge in [-0.1, -0.05) is 30.7 Å².